The molecule has 0 spiro atoms. The van der Waals surface area contributed by atoms with Gasteiger partial charge in [0.15, 0.2) is 0 Å². The number of nitrogens with zero attached hydrogens (tertiary/aromatic N) is 2. The van der Waals surface area contributed by atoms with Crippen LogP contribution in [0.3, 0.4) is 0 Å². The Morgan fingerprint density at radius 2 is 2.06 bits per heavy atom. The van der Waals surface area contributed by atoms with Crippen LogP contribution in [0.5, 0.6) is 0 Å². The summed E-state index contributed by atoms with van der Waals surface area (Å²) < 4.78 is 4.10. The molecule has 0 unspecified atom stereocenters. The summed E-state index contributed by atoms with van der Waals surface area (Å²) in [6, 6.07) is 6.25. The monoisotopic (exact) mass is 357 g/mol. The molecule has 1 heterocycles. The average Bonchev–Trinajstić information content (AvgIpc) is 2.70. The van der Waals surface area contributed by atoms with Gasteiger partial charge in [-0.05, 0) is 49.6 Å². The molecule has 2 aromatic rings. The van der Waals surface area contributed by atoms with Crippen molar-refractivity contribution in [3.63, 3.8) is 0 Å². The van der Waals surface area contributed by atoms with Crippen molar-refractivity contribution in [1.82, 2.24) is 14.9 Å². The van der Waals surface area contributed by atoms with E-state index in [4.69, 9.17) is 0 Å². The molecule has 2 rings (SSSR count). The largest absolute Gasteiger partial charge is 0.340 e. The van der Waals surface area contributed by atoms with Crippen molar-refractivity contribution >= 4 is 31.9 Å². The van der Waals surface area contributed by atoms with Crippen molar-refractivity contribution in [3.05, 3.63) is 50.9 Å². The van der Waals surface area contributed by atoms with E-state index in [0.717, 1.165) is 27.7 Å². The maximum Gasteiger partial charge on any atom is 0.0947 e. The maximum absolute atomic E-state index is 4.26. The summed E-state index contributed by atoms with van der Waals surface area (Å²) in [6.45, 7) is 1.62. The first-order chi connectivity index (χ1) is 8.15. The summed E-state index contributed by atoms with van der Waals surface area (Å²) >= 11 is 6.95. The summed E-state index contributed by atoms with van der Waals surface area (Å²) in [5.41, 5.74) is 2.31. The van der Waals surface area contributed by atoms with Gasteiger partial charge in [0, 0.05) is 35.3 Å². The highest BCUT2D eigenvalue weighted by Gasteiger charge is 2.00. The standard InChI is InChI=1S/C12H13Br2N3/c1-17-7-10(16-8-17)6-15-5-9-2-3-11(13)12(14)4-9/h2-4,7-8,15H,5-6H2,1H3. The fraction of sp³-hybridized carbons (Fsp3) is 0.250. The normalized spacial score (nSPS) is 10.8. The number of aryl methyl sites for hydroxylation is 1. The number of hydrogen-bond acceptors (Lipinski definition) is 2. The Kier molecular flexibility index (Phi) is 4.36. The molecule has 17 heavy (non-hydrogen) atoms. The molecule has 1 aromatic carbocycles. The van der Waals surface area contributed by atoms with Crippen LogP contribution in [0.15, 0.2) is 39.7 Å². The van der Waals surface area contributed by atoms with Gasteiger partial charge in [0.1, 0.15) is 0 Å². The molecular weight excluding hydrogens is 346 g/mol. The van der Waals surface area contributed by atoms with Crippen molar-refractivity contribution in [3.8, 4) is 0 Å². The van der Waals surface area contributed by atoms with Gasteiger partial charge in [-0.2, -0.15) is 0 Å². The predicted molar refractivity (Wildman–Crippen MR) is 75.6 cm³/mol. The Bertz CT molecular complexity index is 508. The zero-order chi connectivity index (χ0) is 12.3. The van der Waals surface area contributed by atoms with Crippen LogP contribution in [0.25, 0.3) is 0 Å². The van der Waals surface area contributed by atoms with E-state index < -0.39 is 0 Å². The minimum absolute atomic E-state index is 0.786. The third-order valence-corrected chi connectivity index (χ3v) is 4.26. The number of rotatable bonds is 4. The van der Waals surface area contributed by atoms with Crippen molar-refractivity contribution in [2.24, 2.45) is 7.05 Å². The third kappa shape index (κ3) is 3.66. The van der Waals surface area contributed by atoms with Gasteiger partial charge in [-0.15, -0.1) is 0 Å². The Hall–Kier alpha value is -0.650. The third-order valence-electron chi connectivity index (χ3n) is 2.38. The lowest BCUT2D eigenvalue weighted by molar-refractivity contribution is 0.681. The van der Waals surface area contributed by atoms with E-state index in [1.807, 2.05) is 30.2 Å². The van der Waals surface area contributed by atoms with Gasteiger partial charge in [0.25, 0.3) is 0 Å². The maximum atomic E-state index is 4.26. The lowest BCUT2D eigenvalue weighted by atomic mass is 10.2. The number of halogens is 2. The number of imidazole rings is 1. The molecular formula is C12H13Br2N3. The van der Waals surface area contributed by atoms with Crippen LogP contribution in [0.1, 0.15) is 11.3 Å². The summed E-state index contributed by atoms with van der Waals surface area (Å²) in [7, 11) is 1.97. The number of aromatic nitrogens is 2. The smallest absolute Gasteiger partial charge is 0.0947 e. The van der Waals surface area contributed by atoms with Gasteiger partial charge in [-0.3, -0.25) is 0 Å². The summed E-state index contributed by atoms with van der Waals surface area (Å²) in [4.78, 5) is 4.26. The summed E-state index contributed by atoms with van der Waals surface area (Å²) in [5, 5.41) is 3.37. The molecule has 0 saturated carbocycles. The number of hydrogen-bond donors (Lipinski definition) is 1. The van der Waals surface area contributed by atoms with E-state index in [1.54, 1.807) is 0 Å². The van der Waals surface area contributed by atoms with Crippen LogP contribution in [-0.2, 0) is 20.1 Å². The van der Waals surface area contributed by atoms with Gasteiger partial charge in [-0.25, -0.2) is 4.98 Å². The fourth-order valence-corrected chi connectivity index (χ4v) is 2.22. The first kappa shape index (κ1) is 12.8. The highest BCUT2D eigenvalue weighted by atomic mass is 79.9. The molecule has 0 atom stereocenters. The van der Waals surface area contributed by atoms with Gasteiger partial charge in [0.05, 0.1) is 12.0 Å². The van der Waals surface area contributed by atoms with Gasteiger partial charge < -0.3 is 9.88 Å². The number of nitrogens with one attached hydrogen (secondary N) is 1. The molecule has 90 valence electrons. The second-order valence-electron chi connectivity index (χ2n) is 3.88. The second-order valence-corrected chi connectivity index (χ2v) is 5.59. The van der Waals surface area contributed by atoms with Crippen molar-refractivity contribution in [1.29, 1.82) is 0 Å². The van der Waals surface area contributed by atoms with Crippen molar-refractivity contribution in [2.75, 3.05) is 0 Å². The van der Waals surface area contributed by atoms with Gasteiger partial charge >= 0.3 is 0 Å². The molecule has 5 heteroatoms. The number of benzene rings is 1. The van der Waals surface area contributed by atoms with E-state index in [-0.39, 0.29) is 0 Å². The summed E-state index contributed by atoms with van der Waals surface area (Å²) in [6.07, 6.45) is 3.83. The predicted octanol–water partition coefficient (Wildman–Crippen LogP) is 3.23. The average molecular weight is 359 g/mol. The Labute approximate surface area is 118 Å². The first-order valence-corrected chi connectivity index (χ1v) is 6.85. The Morgan fingerprint density at radius 3 is 2.71 bits per heavy atom. The first-order valence-electron chi connectivity index (χ1n) is 5.26. The van der Waals surface area contributed by atoms with Crippen LogP contribution >= 0.6 is 31.9 Å². The lowest BCUT2D eigenvalue weighted by Gasteiger charge is -2.04. The van der Waals surface area contributed by atoms with Crippen LogP contribution < -0.4 is 5.32 Å². The molecule has 0 aliphatic rings. The minimum atomic E-state index is 0.786. The van der Waals surface area contributed by atoms with Crippen molar-refractivity contribution in [2.45, 2.75) is 13.1 Å². The van der Waals surface area contributed by atoms with Gasteiger partial charge in [0.2, 0.25) is 0 Å². The zero-order valence-corrected chi connectivity index (χ0v) is 12.6. The van der Waals surface area contributed by atoms with Crippen LogP contribution in [0.2, 0.25) is 0 Å². The molecule has 1 N–H and O–H groups in total. The Morgan fingerprint density at radius 1 is 1.24 bits per heavy atom. The summed E-state index contributed by atoms with van der Waals surface area (Å²) in [5.74, 6) is 0. The highest BCUT2D eigenvalue weighted by Crippen LogP contribution is 2.23. The molecule has 0 aliphatic carbocycles. The zero-order valence-electron chi connectivity index (χ0n) is 9.45. The molecule has 0 bridgehead atoms. The van der Waals surface area contributed by atoms with E-state index in [2.05, 4.69) is 54.3 Å². The van der Waals surface area contributed by atoms with E-state index in [0.29, 0.717) is 0 Å². The molecule has 0 fully saturated rings. The topological polar surface area (TPSA) is 29.9 Å². The van der Waals surface area contributed by atoms with Crippen LogP contribution in [0.4, 0.5) is 0 Å². The minimum Gasteiger partial charge on any atom is -0.340 e. The molecule has 0 amide bonds. The SMILES string of the molecule is Cn1cnc(CNCc2ccc(Br)c(Br)c2)c1. The molecule has 0 radical (unpaired) electrons. The van der Waals surface area contributed by atoms with Crippen LogP contribution in [0, 0.1) is 0 Å². The fourth-order valence-electron chi connectivity index (χ4n) is 1.54. The lowest BCUT2D eigenvalue weighted by Crippen LogP contribution is -2.12. The molecule has 1 aromatic heterocycles. The van der Waals surface area contributed by atoms with E-state index in [1.165, 1.54) is 5.56 Å². The van der Waals surface area contributed by atoms with E-state index in [9.17, 15) is 0 Å². The quantitative estimate of drug-likeness (QED) is 0.909. The van der Waals surface area contributed by atoms with E-state index >= 15 is 0 Å². The highest BCUT2D eigenvalue weighted by molar-refractivity contribution is 9.13. The molecule has 0 saturated heterocycles. The molecule has 3 nitrogen and oxygen atoms in total. The Balaban J connectivity index is 1.87. The molecule has 0 aliphatic heterocycles. The van der Waals surface area contributed by atoms with Crippen molar-refractivity contribution < 1.29 is 0 Å². The second kappa shape index (κ2) is 5.80. The van der Waals surface area contributed by atoms with Crippen LogP contribution in [-0.4, -0.2) is 9.55 Å². The van der Waals surface area contributed by atoms with Gasteiger partial charge in [-0.1, -0.05) is 6.07 Å².